The van der Waals surface area contributed by atoms with Gasteiger partial charge in [0.2, 0.25) is 0 Å². The molecular weight excluding hydrogens is 372 g/mol. The Bertz CT molecular complexity index is 1170. The highest BCUT2D eigenvalue weighted by atomic mass is 32.1. The van der Waals surface area contributed by atoms with Gasteiger partial charge in [0, 0.05) is 11.0 Å². The zero-order chi connectivity index (χ0) is 18.3. The highest BCUT2D eigenvalue weighted by Crippen LogP contribution is 2.32. The summed E-state index contributed by atoms with van der Waals surface area (Å²) < 4.78 is 12.3. The fourth-order valence-electron chi connectivity index (χ4n) is 2.91. The predicted molar refractivity (Wildman–Crippen MR) is 98.8 cm³/mol. The van der Waals surface area contributed by atoms with Crippen molar-refractivity contribution in [1.82, 2.24) is 4.57 Å². The first-order valence-corrected chi connectivity index (χ1v) is 9.47. The van der Waals surface area contributed by atoms with Crippen LogP contribution in [0.3, 0.4) is 0 Å². The number of esters is 1. The summed E-state index contributed by atoms with van der Waals surface area (Å²) in [5, 5.41) is 1.91. The van der Waals surface area contributed by atoms with Gasteiger partial charge in [0.05, 0.1) is 29.2 Å². The van der Waals surface area contributed by atoms with Crippen molar-refractivity contribution >= 4 is 34.7 Å². The molecular formula is C18H14N2O4S2. The number of hydrogen-bond donors (Lipinski definition) is 0. The Kier molecular flexibility index (Phi) is 4.21. The SMILES string of the molecule is COC(=O)C1=C(C)N=c2s/c(=C/c3ccco3)c(=O)n2[C@@H]1c1cccs1. The highest BCUT2D eigenvalue weighted by Gasteiger charge is 2.33. The second kappa shape index (κ2) is 6.54. The molecule has 0 amide bonds. The van der Waals surface area contributed by atoms with E-state index in [4.69, 9.17) is 9.15 Å². The molecule has 0 spiro atoms. The van der Waals surface area contributed by atoms with Gasteiger partial charge in [-0.05, 0) is 30.5 Å². The average molecular weight is 386 g/mol. The average Bonchev–Trinajstić information content (AvgIpc) is 3.37. The van der Waals surface area contributed by atoms with Crippen molar-refractivity contribution in [3.05, 3.63) is 77.5 Å². The second-order valence-corrected chi connectivity index (χ2v) is 7.59. The number of fused-ring (bicyclic) bond motifs is 1. The summed E-state index contributed by atoms with van der Waals surface area (Å²) in [7, 11) is 1.33. The number of nitrogens with zero attached hydrogens (tertiary/aromatic N) is 2. The van der Waals surface area contributed by atoms with Crippen molar-refractivity contribution in [2.45, 2.75) is 13.0 Å². The van der Waals surface area contributed by atoms with E-state index in [1.54, 1.807) is 36.0 Å². The first-order chi connectivity index (χ1) is 12.6. The molecule has 0 radical (unpaired) electrons. The number of carbonyl (C=O) groups is 1. The third-order valence-electron chi connectivity index (χ3n) is 4.06. The number of thiophene rings is 1. The first kappa shape index (κ1) is 16.7. The van der Waals surface area contributed by atoms with Crippen LogP contribution < -0.4 is 14.9 Å². The van der Waals surface area contributed by atoms with E-state index >= 15 is 0 Å². The van der Waals surface area contributed by atoms with E-state index in [0.29, 0.717) is 26.4 Å². The minimum atomic E-state index is -0.544. The van der Waals surface area contributed by atoms with Crippen LogP contribution in [0.1, 0.15) is 23.6 Å². The molecule has 0 saturated carbocycles. The monoisotopic (exact) mass is 386 g/mol. The number of allylic oxidation sites excluding steroid dienone is 1. The van der Waals surface area contributed by atoms with Crippen LogP contribution in [0.15, 0.2) is 61.4 Å². The van der Waals surface area contributed by atoms with Gasteiger partial charge in [-0.25, -0.2) is 9.79 Å². The Morgan fingerprint density at radius 3 is 2.88 bits per heavy atom. The summed E-state index contributed by atoms with van der Waals surface area (Å²) in [6, 6.07) is 6.79. The minimum absolute atomic E-state index is 0.211. The molecule has 4 heterocycles. The number of ether oxygens (including phenoxy) is 1. The van der Waals surface area contributed by atoms with Crippen LogP contribution in [-0.2, 0) is 9.53 Å². The fourth-order valence-corrected chi connectivity index (χ4v) is 4.76. The van der Waals surface area contributed by atoms with Crippen LogP contribution in [0.2, 0.25) is 0 Å². The third-order valence-corrected chi connectivity index (χ3v) is 5.96. The van der Waals surface area contributed by atoms with Gasteiger partial charge in [-0.15, -0.1) is 11.3 Å². The normalized spacial score (nSPS) is 17.2. The Balaban J connectivity index is 2.00. The fraction of sp³-hybridized carbons (Fsp3) is 0.167. The lowest BCUT2D eigenvalue weighted by atomic mass is 10.0. The number of rotatable bonds is 3. The van der Waals surface area contributed by atoms with Gasteiger partial charge in [0.1, 0.15) is 11.8 Å². The van der Waals surface area contributed by atoms with Crippen molar-refractivity contribution in [2.24, 2.45) is 4.99 Å². The number of furan rings is 1. The molecule has 0 bridgehead atoms. The predicted octanol–water partition coefficient (Wildman–Crippen LogP) is 2.06. The Labute approximate surface area is 156 Å². The number of carbonyl (C=O) groups excluding carboxylic acids is 1. The van der Waals surface area contributed by atoms with E-state index in [1.807, 2.05) is 17.5 Å². The highest BCUT2D eigenvalue weighted by molar-refractivity contribution is 7.10. The van der Waals surface area contributed by atoms with Gasteiger partial charge in [-0.1, -0.05) is 17.4 Å². The molecule has 1 atom stereocenters. The molecule has 0 saturated heterocycles. The molecule has 0 aromatic carbocycles. The molecule has 8 heteroatoms. The molecule has 0 fully saturated rings. The standard InChI is InChI=1S/C18H14N2O4S2/c1-10-14(17(22)23-2)15(12-6-4-8-25-12)20-16(21)13(26-18(20)19-10)9-11-5-3-7-24-11/h3-9,15H,1-2H3/b13-9+/t15-/m1/s1. The van der Waals surface area contributed by atoms with Crippen LogP contribution in [0.5, 0.6) is 0 Å². The van der Waals surface area contributed by atoms with Gasteiger partial charge >= 0.3 is 5.97 Å². The van der Waals surface area contributed by atoms with E-state index in [2.05, 4.69) is 4.99 Å². The molecule has 1 aliphatic rings. The second-order valence-electron chi connectivity index (χ2n) is 5.60. The zero-order valence-corrected chi connectivity index (χ0v) is 15.6. The van der Waals surface area contributed by atoms with Crippen molar-refractivity contribution in [2.75, 3.05) is 7.11 Å². The maximum absolute atomic E-state index is 13.1. The minimum Gasteiger partial charge on any atom is -0.466 e. The summed E-state index contributed by atoms with van der Waals surface area (Å²) >= 11 is 2.76. The summed E-state index contributed by atoms with van der Waals surface area (Å²) in [4.78, 5) is 31.4. The third kappa shape index (κ3) is 2.67. The van der Waals surface area contributed by atoms with Crippen LogP contribution in [0.25, 0.3) is 6.08 Å². The largest absolute Gasteiger partial charge is 0.466 e. The molecule has 3 aromatic rings. The number of hydrogen-bond acceptors (Lipinski definition) is 7. The van der Waals surface area contributed by atoms with Gasteiger partial charge < -0.3 is 9.15 Å². The molecule has 0 unspecified atom stereocenters. The maximum Gasteiger partial charge on any atom is 0.338 e. The van der Waals surface area contributed by atoms with Gasteiger partial charge in [-0.3, -0.25) is 9.36 Å². The lowest BCUT2D eigenvalue weighted by Crippen LogP contribution is -2.39. The molecule has 0 aliphatic carbocycles. The van der Waals surface area contributed by atoms with Crippen molar-refractivity contribution < 1.29 is 13.9 Å². The Morgan fingerprint density at radius 1 is 1.38 bits per heavy atom. The quantitative estimate of drug-likeness (QED) is 0.646. The lowest BCUT2D eigenvalue weighted by Gasteiger charge is -2.22. The van der Waals surface area contributed by atoms with Crippen LogP contribution >= 0.6 is 22.7 Å². The number of aromatic nitrogens is 1. The smallest absolute Gasteiger partial charge is 0.338 e. The van der Waals surface area contributed by atoms with E-state index in [-0.39, 0.29) is 5.56 Å². The molecule has 1 aliphatic heterocycles. The van der Waals surface area contributed by atoms with Crippen LogP contribution in [-0.4, -0.2) is 17.6 Å². The number of thiazole rings is 1. The van der Waals surface area contributed by atoms with Gasteiger partial charge in [0.25, 0.3) is 5.56 Å². The summed E-state index contributed by atoms with van der Waals surface area (Å²) in [5.74, 6) is 0.108. The van der Waals surface area contributed by atoms with E-state index < -0.39 is 12.0 Å². The van der Waals surface area contributed by atoms with Crippen molar-refractivity contribution in [3.63, 3.8) is 0 Å². The maximum atomic E-state index is 13.1. The Morgan fingerprint density at radius 2 is 2.23 bits per heavy atom. The zero-order valence-electron chi connectivity index (χ0n) is 14.0. The molecule has 0 N–H and O–H groups in total. The molecule has 132 valence electrons. The first-order valence-electron chi connectivity index (χ1n) is 7.78. The van der Waals surface area contributed by atoms with Crippen molar-refractivity contribution in [1.29, 1.82) is 0 Å². The van der Waals surface area contributed by atoms with E-state index in [9.17, 15) is 9.59 Å². The summed E-state index contributed by atoms with van der Waals surface area (Å²) in [6.07, 6.45) is 3.24. The topological polar surface area (TPSA) is 73.8 Å². The molecule has 4 rings (SSSR count). The van der Waals surface area contributed by atoms with Crippen LogP contribution in [0, 0.1) is 0 Å². The van der Waals surface area contributed by atoms with E-state index in [1.165, 1.54) is 29.8 Å². The van der Waals surface area contributed by atoms with Gasteiger partial charge in [0.15, 0.2) is 4.80 Å². The summed E-state index contributed by atoms with van der Waals surface area (Å²) in [5.41, 5.74) is 0.727. The number of methoxy groups -OCH3 is 1. The lowest BCUT2D eigenvalue weighted by molar-refractivity contribution is -0.136. The van der Waals surface area contributed by atoms with Gasteiger partial charge in [-0.2, -0.15) is 0 Å². The van der Waals surface area contributed by atoms with Crippen molar-refractivity contribution in [3.8, 4) is 0 Å². The molecule has 3 aromatic heterocycles. The molecule has 6 nitrogen and oxygen atoms in total. The molecule has 26 heavy (non-hydrogen) atoms. The Hall–Kier alpha value is -2.71. The van der Waals surface area contributed by atoms with E-state index in [0.717, 1.165) is 4.88 Å². The van der Waals surface area contributed by atoms with Crippen LogP contribution in [0.4, 0.5) is 0 Å². The summed E-state index contributed by atoms with van der Waals surface area (Å²) in [6.45, 7) is 1.76.